The van der Waals surface area contributed by atoms with Crippen LogP contribution >= 0.6 is 0 Å². The van der Waals surface area contributed by atoms with Gasteiger partial charge in [0, 0.05) is 32.7 Å². The Labute approximate surface area is 167 Å². The highest BCUT2D eigenvalue weighted by atomic mass is 16.5. The van der Waals surface area contributed by atoms with Gasteiger partial charge in [-0.1, -0.05) is 74.5 Å². The number of hydrogen-bond donors (Lipinski definition) is 1. The smallest absolute Gasteiger partial charge is 0.247 e. The van der Waals surface area contributed by atoms with Crippen LogP contribution in [-0.4, -0.2) is 37.0 Å². The van der Waals surface area contributed by atoms with Crippen LogP contribution in [0.4, 0.5) is 0 Å². The molecule has 5 heteroatoms. The molecule has 150 valence electrons. The largest absolute Gasteiger partial charge is 0.385 e. The summed E-state index contributed by atoms with van der Waals surface area (Å²) in [6.07, 6.45) is 0.723. The predicted molar refractivity (Wildman–Crippen MR) is 111 cm³/mol. The van der Waals surface area contributed by atoms with E-state index in [0.29, 0.717) is 19.7 Å². The number of carbonyl (C=O) groups is 2. The highest BCUT2D eigenvalue weighted by molar-refractivity contribution is 5.89. The third-order valence-corrected chi connectivity index (χ3v) is 4.47. The van der Waals surface area contributed by atoms with Gasteiger partial charge in [-0.05, 0) is 17.5 Å². The van der Waals surface area contributed by atoms with Crippen molar-refractivity contribution in [2.24, 2.45) is 5.92 Å². The fourth-order valence-electron chi connectivity index (χ4n) is 3.04. The molecule has 0 fully saturated rings. The lowest BCUT2D eigenvalue weighted by Crippen LogP contribution is -2.45. The maximum absolute atomic E-state index is 13.1. The van der Waals surface area contributed by atoms with Crippen LogP contribution in [0.15, 0.2) is 60.7 Å². The molecule has 0 saturated carbocycles. The zero-order valence-electron chi connectivity index (χ0n) is 16.9. The number of nitrogens with one attached hydrogen (secondary N) is 1. The molecule has 1 N–H and O–H groups in total. The number of benzene rings is 2. The van der Waals surface area contributed by atoms with Crippen molar-refractivity contribution < 1.29 is 14.3 Å². The summed E-state index contributed by atoms with van der Waals surface area (Å²) in [5.41, 5.74) is 1.79. The highest BCUT2D eigenvalue weighted by Gasteiger charge is 2.32. The number of carbonyl (C=O) groups excluding carboxylic acids is 2. The molecule has 0 saturated heterocycles. The fourth-order valence-corrected chi connectivity index (χ4v) is 3.04. The Kier molecular flexibility index (Phi) is 8.69. The van der Waals surface area contributed by atoms with E-state index in [2.05, 4.69) is 5.32 Å². The van der Waals surface area contributed by atoms with E-state index in [-0.39, 0.29) is 17.7 Å². The normalized spacial score (nSPS) is 11.9. The summed E-state index contributed by atoms with van der Waals surface area (Å²) in [6, 6.07) is 18.6. The molecule has 0 aliphatic heterocycles. The van der Waals surface area contributed by atoms with E-state index < -0.39 is 6.04 Å². The highest BCUT2D eigenvalue weighted by Crippen LogP contribution is 2.25. The molecular weight excluding hydrogens is 352 g/mol. The average molecular weight is 383 g/mol. The van der Waals surface area contributed by atoms with Crippen LogP contribution in [0.2, 0.25) is 0 Å². The number of nitrogens with zero attached hydrogens (tertiary/aromatic N) is 1. The predicted octanol–water partition coefficient (Wildman–Crippen LogP) is 3.57. The monoisotopic (exact) mass is 382 g/mol. The minimum atomic E-state index is -0.682. The van der Waals surface area contributed by atoms with Crippen LogP contribution in [0.3, 0.4) is 0 Å². The molecule has 0 radical (unpaired) electrons. The van der Waals surface area contributed by atoms with E-state index in [1.165, 1.54) is 0 Å². The molecule has 0 spiro atoms. The van der Waals surface area contributed by atoms with Gasteiger partial charge in [-0.2, -0.15) is 0 Å². The van der Waals surface area contributed by atoms with Gasteiger partial charge in [0.05, 0.1) is 0 Å². The summed E-state index contributed by atoms with van der Waals surface area (Å²) in [7, 11) is 1.64. The van der Waals surface area contributed by atoms with Crippen molar-refractivity contribution >= 4 is 11.8 Å². The summed E-state index contributed by atoms with van der Waals surface area (Å²) in [6.45, 7) is 5.18. The van der Waals surface area contributed by atoms with E-state index in [1.807, 2.05) is 74.5 Å². The Hall–Kier alpha value is -2.66. The van der Waals surface area contributed by atoms with Gasteiger partial charge in [-0.15, -0.1) is 0 Å². The minimum Gasteiger partial charge on any atom is -0.385 e. The average Bonchev–Trinajstić information content (AvgIpc) is 2.71. The molecule has 2 rings (SSSR count). The van der Waals surface area contributed by atoms with Gasteiger partial charge in [0.1, 0.15) is 6.04 Å². The number of ether oxygens (including phenoxy) is 1. The van der Waals surface area contributed by atoms with Crippen molar-refractivity contribution in [1.82, 2.24) is 10.2 Å². The van der Waals surface area contributed by atoms with E-state index in [4.69, 9.17) is 4.74 Å². The number of rotatable bonds is 10. The molecule has 2 aromatic rings. The molecule has 5 nitrogen and oxygen atoms in total. The fraction of sp³-hybridized carbons (Fsp3) is 0.391. The molecule has 0 aromatic heterocycles. The number of amides is 2. The Bertz CT molecular complexity index is 732. The molecule has 1 atom stereocenters. The topological polar surface area (TPSA) is 58.6 Å². The maximum atomic E-state index is 13.1. The van der Waals surface area contributed by atoms with Gasteiger partial charge in [0.25, 0.3) is 0 Å². The second-order valence-corrected chi connectivity index (χ2v) is 7.06. The van der Waals surface area contributed by atoms with E-state index in [1.54, 1.807) is 12.0 Å². The van der Waals surface area contributed by atoms with E-state index in [0.717, 1.165) is 17.5 Å². The Morgan fingerprint density at radius 3 is 2.18 bits per heavy atom. The van der Waals surface area contributed by atoms with Crippen molar-refractivity contribution in [2.75, 3.05) is 20.3 Å². The van der Waals surface area contributed by atoms with Crippen molar-refractivity contribution in [3.05, 3.63) is 71.8 Å². The third-order valence-electron chi connectivity index (χ3n) is 4.47. The number of hydrogen-bond acceptors (Lipinski definition) is 3. The molecule has 2 aromatic carbocycles. The summed E-state index contributed by atoms with van der Waals surface area (Å²) in [4.78, 5) is 27.9. The molecule has 2 amide bonds. The third kappa shape index (κ3) is 6.20. The summed E-state index contributed by atoms with van der Waals surface area (Å²) < 4.78 is 5.05. The van der Waals surface area contributed by atoms with Gasteiger partial charge in [-0.25, -0.2) is 0 Å². The first kappa shape index (κ1) is 21.6. The van der Waals surface area contributed by atoms with Crippen LogP contribution in [0, 0.1) is 5.92 Å². The zero-order valence-corrected chi connectivity index (χ0v) is 16.9. The quantitative estimate of drug-likeness (QED) is 0.639. The molecule has 0 unspecified atom stereocenters. The molecule has 0 bridgehead atoms. The Balaban J connectivity index is 2.34. The van der Waals surface area contributed by atoms with Crippen LogP contribution in [-0.2, 0) is 20.9 Å². The van der Waals surface area contributed by atoms with Crippen molar-refractivity contribution in [3.63, 3.8) is 0 Å². The van der Waals surface area contributed by atoms with Crippen LogP contribution in [0.1, 0.15) is 37.4 Å². The standard InChI is InChI=1S/C23H30N2O3/c1-18(2)23(27)25(17-19-11-6-4-7-12-19)21(20-13-8-5-9-14-20)22(26)24-15-10-16-28-3/h4-9,11-14,18,21H,10,15-17H2,1-3H3,(H,24,26)/t21-/m0/s1. The van der Waals surface area contributed by atoms with Crippen molar-refractivity contribution in [2.45, 2.75) is 32.9 Å². The van der Waals surface area contributed by atoms with Gasteiger partial charge >= 0.3 is 0 Å². The summed E-state index contributed by atoms with van der Waals surface area (Å²) in [5, 5.41) is 2.96. The number of methoxy groups -OCH3 is 1. The Morgan fingerprint density at radius 1 is 1.00 bits per heavy atom. The van der Waals surface area contributed by atoms with E-state index >= 15 is 0 Å². The van der Waals surface area contributed by atoms with Gasteiger partial charge < -0.3 is 15.0 Å². The molecule has 0 aliphatic carbocycles. The van der Waals surface area contributed by atoms with Gasteiger partial charge in [-0.3, -0.25) is 9.59 Å². The summed E-state index contributed by atoms with van der Waals surface area (Å²) in [5.74, 6) is -0.437. The first-order chi connectivity index (χ1) is 13.5. The molecular formula is C23H30N2O3. The second-order valence-electron chi connectivity index (χ2n) is 7.06. The molecule has 28 heavy (non-hydrogen) atoms. The second kappa shape index (κ2) is 11.2. The lowest BCUT2D eigenvalue weighted by molar-refractivity contribution is -0.144. The maximum Gasteiger partial charge on any atom is 0.247 e. The summed E-state index contributed by atoms with van der Waals surface area (Å²) >= 11 is 0. The van der Waals surface area contributed by atoms with Crippen LogP contribution in [0.25, 0.3) is 0 Å². The zero-order chi connectivity index (χ0) is 20.4. The van der Waals surface area contributed by atoms with Gasteiger partial charge in [0.15, 0.2) is 0 Å². The molecule has 0 aliphatic rings. The first-order valence-corrected chi connectivity index (χ1v) is 9.70. The van der Waals surface area contributed by atoms with Crippen LogP contribution < -0.4 is 5.32 Å². The van der Waals surface area contributed by atoms with Crippen LogP contribution in [0.5, 0.6) is 0 Å². The minimum absolute atomic E-state index is 0.0512. The van der Waals surface area contributed by atoms with E-state index in [9.17, 15) is 9.59 Å². The first-order valence-electron chi connectivity index (χ1n) is 9.70. The van der Waals surface area contributed by atoms with Gasteiger partial charge in [0.2, 0.25) is 11.8 Å². The SMILES string of the molecule is COCCCNC(=O)[C@H](c1ccccc1)N(Cc1ccccc1)C(=O)C(C)C. The Morgan fingerprint density at radius 2 is 1.61 bits per heavy atom. The van der Waals surface area contributed by atoms with Crippen molar-refractivity contribution in [1.29, 1.82) is 0 Å². The van der Waals surface area contributed by atoms with Crippen molar-refractivity contribution in [3.8, 4) is 0 Å². The lowest BCUT2D eigenvalue weighted by atomic mass is 10.0. The molecule has 0 heterocycles. The lowest BCUT2D eigenvalue weighted by Gasteiger charge is -2.33.